The van der Waals surface area contributed by atoms with Crippen LogP contribution >= 0.6 is 0 Å². The molecule has 0 aromatic carbocycles. The van der Waals surface area contributed by atoms with Crippen LogP contribution in [-0.4, -0.2) is 98.3 Å². The maximum atomic E-state index is 13.2. The topological polar surface area (TPSA) is 67.1 Å². The molecule has 4 saturated heterocycles. The van der Waals surface area contributed by atoms with Gasteiger partial charge in [0, 0.05) is 33.3 Å². The Morgan fingerprint density at radius 3 is 2.42 bits per heavy atom. The SMILES string of the molecule is CO[C@@H]1[C@H](OC(=O)N2CCC(CCC3CN(CC(F)F)C3)CC2)CC[C@]2(CO2)[C@H]1[C@@]1(C)O[C@@H]1CC=C(C)C. The van der Waals surface area contributed by atoms with Crippen molar-refractivity contribution in [3.8, 4) is 0 Å². The molecule has 4 heterocycles. The standard InChI is InChI=1S/C29H46F2N2O5/c1-19(2)5-8-23-28(3,38-23)26-25(35-4)22(9-12-29(26)18-36-29)37-27(34)33-13-10-20(11-14-33)6-7-21-15-32(16-21)17-24(30)31/h5,20-26H,6-18H2,1-4H3/t22-,23-,25-,26-,28+,29+/m1/s1. The summed E-state index contributed by atoms with van der Waals surface area (Å²) >= 11 is 0. The molecule has 1 saturated carbocycles. The molecule has 7 nitrogen and oxygen atoms in total. The van der Waals surface area contributed by atoms with Gasteiger partial charge in [-0.15, -0.1) is 0 Å². The molecular formula is C29H46F2N2O5. The monoisotopic (exact) mass is 540 g/mol. The number of halogens is 2. The maximum absolute atomic E-state index is 13.2. The molecule has 38 heavy (non-hydrogen) atoms. The summed E-state index contributed by atoms with van der Waals surface area (Å²) in [5.41, 5.74) is 0.707. The fourth-order valence-electron chi connectivity index (χ4n) is 7.35. The molecule has 0 aromatic heterocycles. The zero-order chi connectivity index (χ0) is 27.1. The number of methoxy groups -OCH3 is 1. The van der Waals surface area contributed by atoms with Crippen LogP contribution in [0, 0.1) is 17.8 Å². The number of hydrogen-bond donors (Lipinski definition) is 0. The first-order valence-corrected chi connectivity index (χ1v) is 14.6. The Kier molecular flexibility index (Phi) is 8.40. The Labute approximate surface area is 226 Å². The van der Waals surface area contributed by atoms with E-state index in [1.165, 1.54) is 5.57 Å². The van der Waals surface area contributed by atoms with Gasteiger partial charge in [-0.2, -0.15) is 0 Å². The van der Waals surface area contributed by atoms with Crippen molar-refractivity contribution < 1.29 is 32.5 Å². The normalized spacial score (nSPS) is 37.8. The van der Waals surface area contributed by atoms with Crippen LogP contribution in [-0.2, 0) is 18.9 Å². The molecule has 216 valence electrons. The maximum Gasteiger partial charge on any atom is 0.410 e. The molecule has 1 spiro atoms. The molecule has 9 heteroatoms. The van der Waals surface area contributed by atoms with Gasteiger partial charge in [0.2, 0.25) is 0 Å². The first-order valence-electron chi connectivity index (χ1n) is 14.6. The van der Waals surface area contributed by atoms with Crippen molar-refractivity contribution in [3.05, 3.63) is 11.6 Å². The van der Waals surface area contributed by atoms with E-state index in [4.69, 9.17) is 18.9 Å². The van der Waals surface area contributed by atoms with Gasteiger partial charge in [-0.1, -0.05) is 11.6 Å². The van der Waals surface area contributed by atoms with Crippen LogP contribution in [0.4, 0.5) is 13.6 Å². The molecule has 0 unspecified atom stereocenters. The molecule has 0 N–H and O–H groups in total. The summed E-state index contributed by atoms with van der Waals surface area (Å²) < 4.78 is 49.4. The number of hydrogen-bond acceptors (Lipinski definition) is 6. The van der Waals surface area contributed by atoms with Crippen LogP contribution in [0.5, 0.6) is 0 Å². The van der Waals surface area contributed by atoms with Crippen LogP contribution in [0.2, 0.25) is 0 Å². The third-order valence-corrected chi connectivity index (χ3v) is 9.77. The lowest BCUT2D eigenvalue weighted by Crippen LogP contribution is -2.56. The average molecular weight is 541 g/mol. The van der Waals surface area contributed by atoms with Gasteiger partial charge in [-0.05, 0) is 77.6 Å². The van der Waals surface area contributed by atoms with Gasteiger partial charge < -0.3 is 23.8 Å². The summed E-state index contributed by atoms with van der Waals surface area (Å²) in [4.78, 5) is 16.9. The van der Waals surface area contributed by atoms with Crippen molar-refractivity contribution in [3.63, 3.8) is 0 Å². The van der Waals surface area contributed by atoms with Crippen molar-refractivity contribution in [2.45, 2.75) is 102 Å². The molecule has 5 aliphatic rings. The van der Waals surface area contributed by atoms with Gasteiger partial charge in [0.25, 0.3) is 6.43 Å². The molecule has 5 rings (SSSR count). The van der Waals surface area contributed by atoms with Crippen LogP contribution in [0.25, 0.3) is 0 Å². The van der Waals surface area contributed by atoms with E-state index in [2.05, 4.69) is 26.8 Å². The Hall–Kier alpha value is -1.29. The van der Waals surface area contributed by atoms with E-state index in [0.29, 0.717) is 31.5 Å². The first kappa shape index (κ1) is 28.2. The highest BCUT2D eigenvalue weighted by Gasteiger charge is 2.72. The van der Waals surface area contributed by atoms with Crippen LogP contribution < -0.4 is 0 Å². The van der Waals surface area contributed by atoms with E-state index >= 15 is 0 Å². The van der Waals surface area contributed by atoms with Crippen molar-refractivity contribution in [2.24, 2.45) is 17.8 Å². The fourth-order valence-corrected chi connectivity index (χ4v) is 7.35. The summed E-state index contributed by atoms with van der Waals surface area (Å²) in [5.74, 6) is 1.15. The van der Waals surface area contributed by atoms with E-state index in [1.54, 1.807) is 7.11 Å². The van der Waals surface area contributed by atoms with Crippen molar-refractivity contribution in [1.82, 2.24) is 9.80 Å². The molecule has 1 aliphatic carbocycles. The quantitative estimate of drug-likeness (QED) is 0.290. The Bertz CT molecular complexity index is 865. The zero-order valence-electron chi connectivity index (χ0n) is 23.5. The lowest BCUT2D eigenvalue weighted by atomic mass is 9.68. The highest BCUT2D eigenvalue weighted by atomic mass is 19.3. The Morgan fingerprint density at radius 2 is 1.82 bits per heavy atom. The minimum atomic E-state index is -2.24. The number of nitrogens with zero attached hydrogens (tertiary/aromatic N) is 2. The number of piperidine rings is 1. The second-order valence-corrected chi connectivity index (χ2v) is 12.8. The number of likely N-dealkylation sites (tertiary alicyclic amines) is 2. The predicted octanol–water partition coefficient (Wildman–Crippen LogP) is 4.89. The Morgan fingerprint density at radius 1 is 1.13 bits per heavy atom. The van der Waals surface area contributed by atoms with E-state index in [1.807, 2.05) is 9.80 Å². The highest BCUT2D eigenvalue weighted by Crippen LogP contribution is 2.59. The van der Waals surface area contributed by atoms with Gasteiger partial charge in [0.05, 0.1) is 25.2 Å². The summed E-state index contributed by atoms with van der Waals surface area (Å²) in [7, 11) is 1.71. The number of carbonyl (C=O) groups excluding carboxylic acids is 1. The number of allylic oxidation sites excluding steroid dienone is 1. The number of carbonyl (C=O) groups is 1. The van der Waals surface area contributed by atoms with E-state index in [-0.39, 0.29) is 48.1 Å². The van der Waals surface area contributed by atoms with Gasteiger partial charge in [0.15, 0.2) is 0 Å². The second kappa shape index (κ2) is 11.3. The molecule has 4 aliphatic heterocycles. The lowest BCUT2D eigenvalue weighted by Gasteiger charge is -2.43. The van der Waals surface area contributed by atoms with Gasteiger partial charge >= 0.3 is 6.09 Å². The molecule has 6 atom stereocenters. The van der Waals surface area contributed by atoms with Crippen molar-refractivity contribution in [2.75, 3.05) is 46.4 Å². The van der Waals surface area contributed by atoms with Gasteiger partial charge in [0.1, 0.15) is 23.4 Å². The fraction of sp³-hybridized carbons (Fsp3) is 0.897. The minimum Gasteiger partial charge on any atom is -0.443 e. The summed E-state index contributed by atoms with van der Waals surface area (Å²) in [6.07, 6.45) is 5.88. The number of amides is 1. The third-order valence-electron chi connectivity index (χ3n) is 9.77. The van der Waals surface area contributed by atoms with Crippen LogP contribution in [0.15, 0.2) is 11.6 Å². The van der Waals surface area contributed by atoms with E-state index in [0.717, 1.165) is 58.0 Å². The number of epoxide rings is 2. The molecule has 1 amide bonds. The summed E-state index contributed by atoms with van der Waals surface area (Å²) in [6, 6.07) is 0. The lowest BCUT2D eigenvalue weighted by molar-refractivity contribution is -0.122. The van der Waals surface area contributed by atoms with Crippen LogP contribution in [0.3, 0.4) is 0 Å². The molecule has 0 bridgehead atoms. The minimum absolute atomic E-state index is 0.0240. The van der Waals surface area contributed by atoms with Gasteiger partial charge in [-0.25, -0.2) is 13.6 Å². The third kappa shape index (κ3) is 6.06. The Balaban J connectivity index is 1.09. The van der Waals surface area contributed by atoms with Crippen molar-refractivity contribution >= 4 is 6.09 Å². The van der Waals surface area contributed by atoms with Crippen molar-refractivity contribution in [1.29, 1.82) is 0 Å². The molecule has 5 fully saturated rings. The number of alkyl halides is 2. The number of rotatable bonds is 10. The smallest absolute Gasteiger partial charge is 0.410 e. The summed E-state index contributed by atoms with van der Waals surface area (Å²) in [5, 5.41) is 0. The highest BCUT2D eigenvalue weighted by molar-refractivity contribution is 5.68. The van der Waals surface area contributed by atoms with E-state index in [9.17, 15) is 13.6 Å². The largest absolute Gasteiger partial charge is 0.443 e. The van der Waals surface area contributed by atoms with Gasteiger partial charge in [-0.3, -0.25) is 4.90 Å². The number of ether oxygens (including phenoxy) is 4. The second-order valence-electron chi connectivity index (χ2n) is 12.8. The van der Waals surface area contributed by atoms with Crippen LogP contribution in [0.1, 0.15) is 65.7 Å². The molecular weight excluding hydrogens is 494 g/mol. The predicted molar refractivity (Wildman–Crippen MR) is 139 cm³/mol. The zero-order valence-corrected chi connectivity index (χ0v) is 23.5. The van der Waals surface area contributed by atoms with E-state index < -0.39 is 6.43 Å². The molecule has 0 radical (unpaired) electrons. The first-order chi connectivity index (χ1) is 18.1. The average Bonchev–Trinajstić information content (AvgIpc) is 3.77. The summed E-state index contributed by atoms with van der Waals surface area (Å²) in [6.45, 7) is 9.98. The molecule has 0 aromatic rings.